The number of methoxy groups -OCH3 is 1. The van der Waals surface area contributed by atoms with Crippen LogP contribution in [0.3, 0.4) is 0 Å². The second-order valence-electron chi connectivity index (χ2n) is 8.44. The predicted octanol–water partition coefficient (Wildman–Crippen LogP) is 4.41. The Morgan fingerprint density at radius 3 is 2.44 bits per heavy atom. The number of nitrogens with zero attached hydrogens (tertiary/aromatic N) is 2. The first-order valence-electron chi connectivity index (χ1n) is 11.2. The van der Waals surface area contributed by atoms with Gasteiger partial charge in [-0.1, -0.05) is 42.0 Å². The third-order valence-electron chi connectivity index (χ3n) is 5.92. The minimum absolute atomic E-state index is 0.166. The molecule has 178 valence electrons. The number of halogens is 1. The molecule has 0 aliphatic carbocycles. The van der Waals surface area contributed by atoms with E-state index in [1.807, 2.05) is 42.6 Å². The Labute approximate surface area is 203 Å². The zero-order valence-electron chi connectivity index (χ0n) is 19.3. The van der Waals surface area contributed by atoms with E-state index in [0.717, 1.165) is 48.4 Å². The Morgan fingerprint density at radius 2 is 1.76 bits per heavy atom. The molecule has 0 radical (unpaired) electrons. The summed E-state index contributed by atoms with van der Waals surface area (Å²) in [4.78, 5) is 29.7. The summed E-state index contributed by atoms with van der Waals surface area (Å²) in [6.07, 6.45) is 0. The summed E-state index contributed by atoms with van der Waals surface area (Å²) in [5, 5.41) is 5.28. The molecule has 1 amide bonds. The Bertz CT molecular complexity index is 1150. The standard InChI is InChI=1S/C26H28FN3O3S/c1-18-6-8-20(9-7-18)22-17-34-25(24(22)26(32)33-2)28-23(31)16-30-12-10-29(11-13-30)15-19-4-3-5-21(27)14-19/h3-9,14,17H,10-13,15-16H2,1-2H3,(H,28,31). The number of esters is 1. The van der Waals surface area contributed by atoms with E-state index in [2.05, 4.69) is 15.1 Å². The van der Waals surface area contributed by atoms with Gasteiger partial charge in [0.15, 0.2) is 0 Å². The summed E-state index contributed by atoms with van der Waals surface area (Å²) in [7, 11) is 1.34. The third-order valence-corrected chi connectivity index (χ3v) is 6.82. The quantitative estimate of drug-likeness (QED) is 0.507. The summed E-state index contributed by atoms with van der Waals surface area (Å²) in [5.74, 6) is -0.864. The van der Waals surface area contributed by atoms with Crippen molar-refractivity contribution in [1.82, 2.24) is 9.80 Å². The number of hydrogen-bond acceptors (Lipinski definition) is 6. The number of ether oxygens (including phenoxy) is 1. The number of aryl methyl sites for hydroxylation is 1. The van der Waals surface area contributed by atoms with Gasteiger partial charge in [0.1, 0.15) is 16.4 Å². The molecule has 8 heteroatoms. The average molecular weight is 482 g/mol. The first kappa shape index (κ1) is 24.1. The van der Waals surface area contributed by atoms with E-state index >= 15 is 0 Å². The molecular weight excluding hydrogens is 453 g/mol. The maximum atomic E-state index is 13.4. The molecule has 1 aromatic heterocycles. The summed E-state index contributed by atoms with van der Waals surface area (Å²) in [6.45, 7) is 6.02. The maximum absolute atomic E-state index is 13.4. The third kappa shape index (κ3) is 5.88. The fraction of sp³-hybridized carbons (Fsp3) is 0.308. The molecule has 0 unspecified atom stereocenters. The van der Waals surface area contributed by atoms with Crippen molar-refractivity contribution in [3.63, 3.8) is 0 Å². The molecule has 1 fully saturated rings. The normalized spacial score (nSPS) is 14.7. The molecule has 1 N–H and O–H groups in total. The van der Waals surface area contributed by atoms with Crippen LogP contribution in [-0.4, -0.2) is 61.5 Å². The molecule has 0 atom stereocenters. The molecule has 34 heavy (non-hydrogen) atoms. The van der Waals surface area contributed by atoms with Gasteiger partial charge >= 0.3 is 5.97 Å². The molecule has 0 spiro atoms. The topological polar surface area (TPSA) is 61.9 Å². The zero-order valence-corrected chi connectivity index (χ0v) is 20.2. The smallest absolute Gasteiger partial charge is 0.341 e. The van der Waals surface area contributed by atoms with Gasteiger partial charge in [0.2, 0.25) is 5.91 Å². The van der Waals surface area contributed by atoms with E-state index in [9.17, 15) is 14.0 Å². The van der Waals surface area contributed by atoms with E-state index in [1.54, 1.807) is 12.1 Å². The number of hydrogen-bond donors (Lipinski definition) is 1. The number of piperazine rings is 1. The number of thiophene rings is 1. The zero-order chi connectivity index (χ0) is 24.1. The van der Waals surface area contributed by atoms with E-state index < -0.39 is 5.97 Å². The van der Waals surface area contributed by atoms with Crippen LogP contribution in [0.4, 0.5) is 9.39 Å². The molecule has 4 rings (SSSR count). The predicted molar refractivity (Wildman–Crippen MR) is 133 cm³/mol. The van der Waals surface area contributed by atoms with Gasteiger partial charge in [-0.25, -0.2) is 9.18 Å². The highest BCUT2D eigenvalue weighted by Crippen LogP contribution is 2.36. The molecule has 1 aliphatic rings. The van der Waals surface area contributed by atoms with Crippen molar-refractivity contribution in [3.05, 3.63) is 76.4 Å². The van der Waals surface area contributed by atoms with Crippen LogP contribution >= 0.6 is 11.3 Å². The lowest BCUT2D eigenvalue weighted by Crippen LogP contribution is -2.48. The Hall–Kier alpha value is -3.07. The summed E-state index contributed by atoms with van der Waals surface area (Å²) in [5.41, 5.74) is 4.10. The van der Waals surface area contributed by atoms with Gasteiger partial charge in [0.05, 0.1) is 13.7 Å². The summed E-state index contributed by atoms with van der Waals surface area (Å²) >= 11 is 1.32. The minimum Gasteiger partial charge on any atom is -0.465 e. The first-order chi connectivity index (χ1) is 16.4. The molecule has 1 saturated heterocycles. The first-order valence-corrected chi connectivity index (χ1v) is 12.1. The van der Waals surface area contributed by atoms with Gasteiger partial charge in [0, 0.05) is 43.7 Å². The highest BCUT2D eigenvalue weighted by molar-refractivity contribution is 7.15. The van der Waals surface area contributed by atoms with Crippen LogP contribution in [-0.2, 0) is 16.1 Å². The Morgan fingerprint density at radius 1 is 1.06 bits per heavy atom. The SMILES string of the molecule is COC(=O)c1c(-c2ccc(C)cc2)csc1NC(=O)CN1CCN(Cc2cccc(F)c2)CC1. The number of carbonyl (C=O) groups excluding carboxylic acids is 2. The van der Waals surface area contributed by atoms with E-state index in [4.69, 9.17) is 4.74 Å². The van der Waals surface area contributed by atoms with E-state index in [0.29, 0.717) is 17.1 Å². The summed E-state index contributed by atoms with van der Waals surface area (Å²) in [6, 6.07) is 14.5. The highest BCUT2D eigenvalue weighted by Gasteiger charge is 2.24. The van der Waals surface area contributed by atoms with Crippen molar-refractivity contribution >= 4 is 28.2 Å². The second-order valence-corrected chi connectivity index (χ2v) is 9.32. The largest absolute Gasteiger partial charge is 0.465 e. The molecule has 0 bridgehead atoms. The van der Waals surface area contributed by atoms with Crippen LogP contribution in [0.2, 0.25) is 0 Å². The van der Waals surface area contributed by atoms with Gasteiger partial charge in [0.25, 0.3) is 0 Å². The van der Waals surface area contributed by atoms with Crippen molar-refractivity contribution in [2.24, 2.45) is 0 Å². The molecular formula is C26H28FN3O3S. The van der Waals surface area contributed by atoms with Gasteiger partial charge < -0.3 is 10.1 Å². The number of carbonyl (C=O) groups is 2. The number of anilines is 1. The Balaban J connectivity index is 1.36. The molecule has 2 aromatic carbocycles. The van der Waals surface area contributed by atoms with Gasteiger partial charge in [-0.15, -0.1) is 11.3 Å². The van der Waals surface area contributed by atoms with Crippen molar-refractivity contribution in [2.45, 2.75) is 13.5 Å². The fourth-order valence-electron chi connectivity index (χ4n) is 4.07. The molecule has 3 aromatic rings. The average Bonchev–Trinajstić information content (AvgIpc) is 3.23. The number of benzene rings is 2. The van der Waals surface area contributed by atoms with Crippen LogP contribution in [0.15, 0.2) is 53.9 Å². The minimum atomic E-state index is -0.474. The van der Waals surface area contributed by atoms with Crippen molar-refractivity contribution in [1.29, 1.82) is 0 Å². The van der Waals surface area contributed by atoms with Crippen LogP contribution in [0, 0.1) is 12.7 Å². The Kier molecular flexibility index (Phi) is 7.72. The molecule has 1 aliphatic heterocycles. The van der Waals surface area contributed by atoms with Crippen LogP contribution in [0.5, 0.6) is 0 Å². The molecule has 0 saturated carbocycles. The number of amides is 1. The van der Waals surface area contributed by atoms with Crippen LogP contribution in [0.25, 0.3) is 11.1 Å². The maximum Gasteiger partial charge on any atom is 0.341 e. The number of rotatable bonds is 7. The fourth-order valence-corrected chi connectivity index (χ4v) is 5.04. The van der Waals surface area contributed by atoms with Crippen molar-refractivity contribution in [2.75, 3.05) is 45.2 Å². The van der Waals surface area contributed by atoms with Crippen LogP contribution < -0.4 is 5.32 Å². The van der Waals surface area contributed by atoms with Gasteiger partial charge in [-0.2, -0.15) is 0 Å². The van der Waals surface area contributed by atoms with Gasteiger partial charge in [-0.3, -0.25) is 14.6 Å². The van der Waals surface area contributed by atoms with E-state index in [-0.39, 0.29) is 18.3 Å². The lowest BCUT2D eigenvalue weighted by molar-refractivity contribution is -0.117. The van der Waals surface area contributed by atoms with E-state index in [1.165, 1.54) is 24.5 Å². The van der Waals surface area contributed by atoms with Gasteiger partial charge in [-0.05, 0) is 30.2 Å². The lowest BCUT2D eigenvalue weighted by Gasteiger charge is -2.34. The monoisotopic (exact) mass is 481 g/mol. The molecule has 2 heterocycles. The highest BCUT2D eigenvalue weighted by atomic mass is 32.1. The van der Waals surface area contributed by atoms with Crippen molar-refractivity contribution in [3.8, 4) is 11.1 Å². The number of nitrogens with one attached hydrogen (secondary N) is 1. The summed E-state index contributed by atoms with van der Waals surface area (Å²) < 4.78 is 18.4. The molecule has 6 nitrogen and oxygen atoms in total. The second kappa shape index (κ2) is 10.9. The van der Waals surface area contributed by atoms with Crippen molar-refractivity contribution < 1.29 is 18.7 Å². The van der Waals surface area contributed by atoms with Crippen LogP contribution in [0.1, 0.15) is 21.5 Å². The lowest BCUT2D eigenvalue weighted by atomic mass is 10.0.